The van der Waals surface area contributed by atoms with Gasteiger partial charge in [0.2, 0.25) is 0 Å². The van der Waals surface area contributed by atoms with E-state index < -0.39 is 17.8 Å². The largest absolute Gasteiger partial charge is 0.402 e. The normalized spacial score (nSPS) is 18.7. The van der Waals surface area contributed by atoms with Crippen LogP contribution in [0.25, 0.3) is 0 Å². The molecule has 7 heteroatoms. The number of carbonyl (C=O) groups excluding carboxylic acids is 2. The molecule has 2 aliphatic rings. The maximum Gasteiger partial charge on any atom is 0.355 e. The Hall–Kier alpha value is -2.51. The summed E-state index contributed by atoms with van der Waals surface area (Å²) in [5.41, 5.74) is 3.29. The third-order valence-electron chi connectivity index (χ3n) is 4.81. The number of nitrogens with zero attached hydrogens (tertiary/aromatic N) is 1. The number of ether oxygens (including phenoxy) is 2. The summed E-state index contributed by atoms with van der Waals surface area (Å²) in [5.74, 6) is -2.57. The van der Waals surface area contributed by atoms with Crippen molar-refractivity contribution in [3.63, 3.8) is 0 Å². The van der Waals surface area contributed by atoms with Gasteiger partial charge < -0.3 is 14.8 Å². The molecule has 6 nitrogen and oxygen atoms in total. The molecule has 2 heterocycles. The number of piperazine rings is 1. The first-order valence-electron chi connectivity index (χ1n) is 9.23. The Morgan fingerprint density at radius 3 is 2.54 bits per heavy atom. The van der Waals surface area contributed by atoms with Gasteiger partial charge in [0.15, 0.2) is 0 Å². The number of benzene rings is 2. The van der Waals surface area contributed by atoms with Crippen molar-refractivity contribution in [2.75, 3.05) is 24.5 Å². The molecule has 2 fully saturated rings. The van der Waals surface area contributed by atoms with Crippen LogP contribution in [0.5, 0.6) is 0 Å². The predicted molar refractivity (Wildman–Crippen MR) is 106 cm³/mol. The first kappa shape index (κ1) is 18.8. The van der Waals surface area contributed by atoms with E-state index in [9.17, 15) is 9.59 Å². The molecule has 0 unspecified atom stereocenters. The number of hydrogen-bond acceptors (Lipinski definition) is 7. The van der Waals surface area contributed by atoms with E-state index in [1.165, 1.54) is 11.1 Å². The first-order valence-corrected chi connectivity index (χ1v) is 10.0. The monoisotopic (exact) mass is 398 g/mol. The minimum absolute atomic E-state index is 0.229. The standard InChI is InChI=1S/C21H22N2O4S/c1-14-7-8-17(15(2)11-14)28-18-6-4-3-5-16(18)23-10-9-22-13-21(23)26-19(24)12-20(25)27-21/h3-8,11,22H,9-10,12-13H2,1-2H3. The zero-order valence-corrected chi connectivity index (χ0v) is 16.7. The molecule has 2 saturated heterocycles. The van der Waals surface area contributed by atoms with Crippen LogP contribution in [0.1, 0.15) is 17.5 Å². The summed E-state index contributed by atoms with van der Waals surface area (Å²) in [6, 6.07) is 14.3. The minimum atomic E-state index is -1.44. The van der Waals surface area contributed by atoms with Gasteiger partial charge in [0.05, 0.1) is 12.2 Å². The number of para-hydroxylation sites is 1. The van der Waals surface area contributed by atoms with Crippen molar-refractivity contribution in [3.05, 3.63) is 53.6 Å². The average molecular weight is 398 g/mol. The highest BCUT2D eigenvalue weighted by Crippen LogP contribution is 2.41. The number of nitrogens with one attached hydrogen (secondary N) is 1. The Balaban J connectivity index is 1.72. The smallest absolute Gasteiger partial charge is 0.355 e. The van der Waals surface area contributed by atoms with Crippen LogP contribution in [-0.2, 0) is 19.1 Å². The quantitative estimate of drug-likeness (QED) is 0.630. The van der Waals surface area contributed by atoms with Crippen LogP contribution in [-0.4, -0.2) is 37.5 Å². The lowest BCUT2D eigenvalue weighted by Crippen LogP contribution is -2.67. The summed E-state index contributed by atoms with van der Waals surface area (Å²) in [6.07, 6.45) is -0.353. The average Bonchev–Trinajstić information content (AvgIpc) is 2.64. The highest BCUT2D eigenvalue weighted by atomic mass is 32.2. The van der Waals surface area contributed by atoms with E-state index in [1.807, 2.05) is 29.2 Å². The molecule has 2 aromatic carbocycles. The Labute approximate surface area is 168 Å². The van der Waals surface area contributed by atoms with Gasteiger partial charge in [0.1, 0.15) is 6.42 Å². The minimum Gasteiger partial charge on any atom is -0.402 e. The maximum atomic E-state index is 12.0. The van der Waals surface area contributed by atoms with Crippen LogP contribution < -0.4 is 10.2 Å². The fourth-order valence-electron chi connectivity index (χ4n) is 3.55. The zero-order valence-electron chi connectivity index (χ0n) is 15.9. The molecule has 0 atom stereocenters. The number of rotatable bonds is 3. The molecule has 0 radical (unpaired) electrons. The van der Waals surface area contributed by atoms with Crippen molar-refractivity contribution in [1.82, 2.24) is 5.32 Å². The summed E-state index contributed by atoms with van der Waals surface area (Å²) in [7, 11) is 0. The highest BCUT2D eigenvalue weighted by Gasteiger charge is 2.50. The van der Waals surface area contributed by atoms with Gasteiger partial charge in [-0.3, -0.25) is 14.5 Å². The Bertz CT molecular complexity index is 914. The van der Waals surface area contributed by atoms with Crippen molar-refractivity contribution >= 4 is 29.4 Å². The fourth-order valence-corrected chi connectivity index (χ4v) is 4.58. The Kier molecular flexibility index (Phi) is 5.03. The number of carbonyl (C=O) groups is 2. The van der Waals surface area contributed by atoms with E-state index in [1.54, 1.807) is 11.8 Å². The molecule has 1 N–H and O–H groups in total. The highest BCUT2D eigenvalue weighted by molar-refractivity contribution is 7.99. The van der Waals surface area contributed by atoms with Crippen LogP contribution in [0.3, 0.4) is 0 Å². The second kappa shape index (κ2) is 7.48. The van der Waals surface area contributed by atoms with Gasteiger partial charge in [-0.05, 0) is 37.6 Å². The molecule has 28 heavy (non-hydrogen) atoms. The lowest BCUT2D eigenvalue weighted by molar-refractivity contribution is -0.245. The Morgan fingerprint density at radius 1 is 1.04 bits per heavy atom. The van der Waals surface area contributed by atoms with Crippen molar-refractivity contribution in [2.45, 2.75) is 36.0 Å². The third-order valence-corrected chi connectivity index (χ3v) is 6.06. The van der Waals surface area contributed by atoms with Gasteiger partial charge in [-0.1, -0.05) is 41.6 Å². The van der Waals surface area contributed by atoms with E-state index in [4.69, 9.17) is 9.47 Å². The van der Waals surface area contributed by atoms with Gasteiger partial charge in [-0.2, -0.15) is 0 Å². The van der Waals surface area contributed by atoms with Crippen molar-refractivity contribution in [1.29, 1.82) is 0 Å². The topological polar surface area (TPSA) is 67.9 Å². The van der Waals surface area contributed by atoms with Crippen LogP contribution in [0, 0.1) is 13.8 Å². The molecule has 0 bridgehead atoms. The molecule has 4 rings (SSSR count). The van der Waals surface area contributed by atoms with Crippen molar-refractivity contribution < 1.29 is 19.1 Å². The number of aryl methyl sites for hydroxylation is 2. The van der Waals surface area contributed by atoms with Crippen molar-refractivity contribution in [3.8, 4) is 0 Å². The lowest BCUT2D eigenvalue weighted by atomic mass is 10.2. The van der Waals surface area contributed by atoms with Gasteiger partial charge in [-0.15, -0.1) is 0 Å². The van der Waals surface area contributed by atoms with Crippen molar-refractivity contribution in [2.24, 2.45) is 0 Å². The molecule has 0 aliphatic carbocycles. The molecule has 2 aliphatic heterocycles. The fraction of sp³-hybridized carbons (Fsp3) is 0.333. The van der Waals surface area contributed by atoms with Crippen LogP contribution >= 0.6 is 11.8 Å². The van der Waals surface area contributed by atoms with Gasteiger partial charge in [0, 0.05) is 22.9 Å². The maximum absolute atomic E-state index is 12.0. The number of hydrogen-bond donors (Lipinski definition) is 1. The molecule has 0 saturated carbocycles. The Morgan fingerprint density at radius 2 is 1.79 bits per heavy atom. The molecule has 1 spiro atoms. The van der Waals surface area contributed by atoms with E-state index in [0.29, 0.717) is 13.1 Å². The van der Waals surface area contributed by atoms with E-state index >= 15 is 0 Å². The second-order valence-corrected chi connectivity index (χ2v) is 8.09. The van der Waals surface area contributed by atoms with Gasteiger partial charge >= 0.3 is 17.8 Å². The first-order chi connectivity index (χ1) is 13.5. The van der Waals surface area contributed by atoms with E-state index in [2.05, 4.69) is 37.4 Å². The second-order valence-electron chi connectivity index (χ2n) is 7.00. The summed E-state index contributed by atoms with van der Waals surface area (Å²) < 4.78 is 11.1. The molecule has 0 aromatic heterocycles. The lowest BCUT2D eigenvalue weighted by Gasteiger charge is -2.47. The van der Waals surface area contributed by atoms with Gasteiger partial charge in [-0.25, -0.2) is 0 Å². The molecular formula is C21H22N2O4S. The molecule has 2 aromatic rings. The summed E-state index contributed by atoms with van der Waals surface area (Å²) in [4.78, 5) is 28.0. The van der Waals surface area contributed by atoms with Crippen LogP contribution in [0.4, 0.5) is 5.69 Å². The summed E-state index contributed by atoms with van der Waals surface area (Å²) in [5, 5.41) is 3.17. The molecule has 146 valence electrons. The number of anilines is 1. The van der Waals surface area contributed by atoms with E-state index in [0.717, 1.165) is 15.5 Å². The molecule has 0 amide bonds. The predicted octanol–water partition coefficient (Wildman–Crippen LogP) is 3.01. The van der Waals surface area contributed by atoms with Crippen LogP contribution in [0.15, 0.2) is 52.3 Å². The van der Waals surface area contributed by atoms with Gasteiger partial charge in [0.25, 0.3) is 0 Å². The summed E-state index contributed by atoms with van der Waals surface area (Å²) in [6.45, 7) is 5.64. The SMILES string of the molecule is Cc1ccc(Sc2ccccc2N2CCNCC23OC(=O)CC(=O)O3)c(C)c1. The summed E-state index contributed by atoms with van der Waals surface area (Å²) >= 11 is 1.65. The van der Waals surface area contributed by atoms with Crippen LogP contribution in [0.2, 0.25) is 0 Å². The molecular weight excluding hydrogens is 376 g/mol. The zero-order chi connectivity index (χ0) is 19.7. The third kappa shape index (κ3) is 3.59. The van der Waals surface area contributed by atoms with E-state index in [-0.39, 0.29) is 13.0 Å². The number of esters is 2.